The van der Waals surface area contributed by atoms with E-state index in [0.29, 0.717) is 22.2 Å². The van der Waals surface area contributed by atoms with E-state index in [4.69, 9.17) is 23.2 Å². The number of methoxy groups -OCH3 is 1. The number of hydrogen-bond donors (Lipinski definition) is 0. The van der Waals surface area contributed by atoms with Crippen LogP contribution in [0.15, 0.2) is 18.2 Å². The van der Waals surface area contributed by atoms with Crippen molar-refractivity contribution in [2.45, 2.75) is 25.3 Å². The first kappa shape index (κ1) is 15.1. The van der Waals surface area contributed by atoms with Gasteiger partial charge in [0, 0.05) is 18.2 Å². The molecule has 0 aromatic heterocycles. The van der Waals surface area contributed by atoms with E-state index in [1.807, 2.05) is 0 Å². The van der Waals surface area contributed by atoms with Gasteiger partial charge < -0.3 is 9.64 Å². The Labute approximate surface area is 127 Å². The SMILES string of the molecule is COC(=O)CCN(C(=O)c1ccc(Cl)c(Cl)c1)C1CC1. The number of amides is 1. The largest absolute Gasteiger partial charge is 0.469 e. The highest BCUT2D eigenvalue weighted by Gasteiger charge is 2.33. The predicted octanol–water partition coefficient (Wildman–Crippen LogP) is 3.16. The van der Waals surface area contributed by atoms with Gasteiger partial charge >= 0.3 is 5.97 Å². The van der Waals surface area contributed by atoms with Gasteiger partial charge in [0.05, 0.1) is 23.6 Å². The van der Waals surface area contributed by atoms with Crippen LogP contribution in [0.2, 0.25) is 10.0 Å². The third kappa shape index (κ3) is 3.64. The molecule has 0 aliphatic heterocycles. The second kappa shape index (κ2) is 6.46. The number of hydrogen-bond acceptors (Lipinski definition) is 3. The van der Waals surface area contributed by atoms with Gasteiger partial charge in [0.2, 0.25) is 0 Å². The molecule has 0 spiro atoms. The van der Waals surface area contributed by atoms with Crippen LogP contribution in [0.1, 0.15) is 29.6 Å². The molecule has 20 heavy (non-hydrogen) atoms. The number of benzene rings is 1. The van der Waals surface area contributed by atoms with Crippen LogP contribution in [0, 0.1) is 0 Å². The third-order valence-corrected chi connectivity index (χ3v) is 3.94. The van der Waals surface area contributed by atoms with Crippen molar-refractivity contribution in [2.24, 2.45) is 0 Å². The van der Waals surface area contributed by atoms with Crippen LogP contribution < -0.4 is 0 Å². The Morgan fingerprint density at radius 2 is 2.00 bits per heavy atom. The van der Waals surface area contributed by atoms with Gasteiger partial charge in [-0.3, -0.25) is 9.59 Å². The van der Waals surface area contributed by atoms with Crippen molar-refractivity contribution >= 4 is 35.1 Å². The minimum atomic E-state index is -0.322. The molecule has 4 nitrogen and oxygen atoms in total. The Kier molecular flexibility index (Phi) is 4.89. The lowest BCUT2D eigenvalue weighted by Crippen LogP contribution is -2.35. The van der Waals surface area contributed by atoms with Crippen molar-refractivity contribution in [3.05, 3.63) is 33.8 Å². The first-order valence-electron chi connectivity index (χ1n) is 6.35. The van der Waals surface area contributed by atoms with Gasteiger partial charge in [0.1, 0.15) is 0 Å². The number of rotatable bonds is 5. The maximum absolute atomic E-state index is 12.5. The number of halogens is 2. The van der Waals surface area contributed by atoms with Crippen LogP contribution >= 0.6 is 23.2 Å². The highest BCUT2D eigenvalue weighted by molar-refractivity contribution is 6.42. The number of ether oxygens (including phenoxy) is 1. The maximum Gasteiger partial charge on any atom is 0.307 e. The Morgan fingerprint density at radius 3 is 2.55 bits per heavy atom. The van der Waals surface area contributed by atoms with Crippen molar-refractivity contribution in [1.82, 2.24) is 4.90 Å². The summed E-state index contributed by atoms with van der Waals surface area (Å²) in [6.07, 6.45) is 2.13. The Morgan fingerprint density at radius 1 is 1.30 bits per heavy atom. The Bertz CT molecular complexity index is 529. The van der Waals surface area contributed by atoms with Crippen LogP contribution in [-0.2, 0) is 9.53 Å². The quantitative estimate of drug-likeness (QED) is 0.784. The monoisotopic (exact) mass is 315 g/mol. The minimum absolute atomic E-state index is 0.130. The van der Waals surface area contributed by atoms with Crippen LogP contribution in [0.4, 0.5) is 0 Å². The lowest BCUT2D eigenvalue weighted by atomic mass is 10.2. The van der Waals surface area contributed by atoms with E-state index in [9.17, 15) is 9.59 Å². The molecule has 1 amide bonds. The number of carbonyl (C=O) groups excluding carboxylic acids is 2. The van der Waals surface area contributed by atoms with Gasteiger partial charge in [-0.15, -0.1) is 0 Å². The molecule has 1 saturated carbocycles. The van der Waals surface area contributed by atoms with Gasteiger partial charge in [-0.1, -0.05) is 23.2 Å². The molecule has 1 aromatic rings. The normalized spacial score (nSPS) is 13.9. The summed E-state index contributed by atoms with van der Waals surface area (Å²) in [6.45, 7) is 0.358. The summed E-state index contributed by atoms with van der Waals surface area (Å²) in [5, 5.41) is 0.761. The van der Waals surface area contributed by atoms with Gasteiger partial charge in [-0.2, -0.15) is 0 Å². The molecule has 0 heterocycles. The van der Waals surface area contributed by atoms with Gasteiger partial charge in [0.25, 0.3) is 5.91 Å². The molecule has 1 fully saturated rings. The molecule has 108 valence electrons. The second-order valence-electron chi connectivity index (χ2n) is 4.68. The molecule has 1 aliphatic rings. The highest BCUT2D eigenvalue weighted by Crippen LogP contribution is 2.30. The molecule has 0 unspecified atom stereocenters. The number of nitrogens with zero attached hydrogens (tertiary/aromatic N) is 1. The van der Waals surface area contributed by atoms with E-state index in [1.165, 1.54) is 7.11 Å². The fourth-order valence-corrected chi connectivity index (χ4v) is 2.24. The fraction of sp³-hybridized carbons (Fsp3) is 0.429. The summed E-state index contributed by atoms with van der Waals surface area (Å²) in [5.74, 6) is -0.451. The van der Waals surface area contributed by atoms with E-state index in [-0.39, 0.29) is 24.3 Å². The topological polar surface area (TPSA) is 46.6 Å². The smallest absolute Gasteiger partial charge is 0.307 e. The molecule has 1 aromatic carbocycles. The first-order valence-corrected chi connectivity index (χ1v) is 7.11. The van der Waals surface area contributed by atoms with E-state index < -0.39 is 0 Å². The standard InChI is InChI=1S/C14H15Cl2NO3/c1-20-13(18)6-7-17(10-3-4-10)14(19)9-2-5-11(15)12(16)8-9/h2,5,8,10H,3-4,6-7H2,1H3. The average molecular weight is 316 g/mol. The Balaban J connectivity index is 2.10. The summed E-state index contributed by atoms with van der Waals surface area (Å²) in [7, 11) is 1.34. The fourth-order valence-electron chi connectivity index (χ4n) is 1.94. The molecular formula is C14H15Cl2NO3. The van der Waals surface area contributed by atoms with E-state index >= 15 is 0 Å². The molecule has 0 radical (unpaired) electrons. The number of carbonyl (C=O) groups is 2. The summed E-state index contributed by atoms with van der Waals surface area (Å²) in [4.78, 5) is 25.4. The van der Waals surface area contributed by atoms with Crippen molar-refractivity contribution in [1.29, 1.82) is 0 Å². The van der Waals surface area contributed by atoms with Gasteiger partial charge in [0.15, 0.2) is 0 Å². The Hall–Kier alpha value is -1.26. The molecule has 0 N–H and O–H groups in total. The molecular weight excluding hydrogens is 301 g/mol. The molecule has 6 heteroatoms. The summed E-state index contributed by atoms with van der Waals surface area (Å²) in [5.41, 5.74) is 0.483. The minimum Gasteiger partial charge on any atom is -0.469 e. The molecule has 0 saturated heterocycles. The van der Waals surface area contributed by atoms with Crippen molar-refractivity contribution in [2.75, 3.05) is 13.7 Å². The van der Waals surface area contributed by atoms with Crippen molar-refractivity contribution in [3.63, 3.8) is 0 Å². The number of esters is 1. The van der Waals surface area contributed by atoms with E-state index in [0.717, 1.165) is 12.8 Å². The van der Waals surface area contributed by atoms with Crippen molar-refractivity contribution < 1.29 is 14.3 Å². The predicted molar refractivity (Wildman–Crippen MR) is 77.2 cm³/mol. The van der Waals surface area contributed by atoms with Gasteiger partial charge in [-0.25, -0.2) is 0 Å². The molecule has 0 bridgehead atoms. The molecule has 2 rings (SSSR count). The third-order valence-electron chi connectivity index (χ3n) is 3.20. The zero-order valence-electron chi connectivity index (χ0n) is 11.1. The molecule has 1 aliphatic carbocycles. The first-order chi connectivity index (χ1) is 9.52. The summed E-state index contributed by atoms with van der Waals surface area (Å²) in [6, 6.07) is 5.01. The zero-order chi connectivity index (χ0) is 14.7. The second-order valence-corrected chi connectivity index (χ2v) is 5.50. The lowest BCUT2D eigenvalue weighted by Gasteiger charge is -2.22. The van der Waals surface area contributed by atoms with Gasteiger partial charge in [-0.05, 0) is 31.0 Å². The van der Waals surface area contributed by atoms with E-state index in [1.54, 1.807) is 23.1 Å². The van der Waals surface area contributed by atoms with Crippen LogP contribution in [0.3, 0.4) is 0 Å². The maximum atomic E-state index is 12.5. The molecule has 0 atom stereocenters. The zero-order valence-corrected chi connectivity index (χ0v) is 12.6. The van der Waals surface area contributed by atoms with E-state index in [2.05, 4.69) is 4.74 Å². The van der Waals surface area contributed by atoms with Crippen molar-refractivity contribution in [3.8, 4) is 0 Å². The average Bonchev–Trinajstić information content (AvgIpc) is 3.26. The summed E-state index contributed by atoms with van der Waals surface area (Å²) < 4.78 is 4.61. The van der Waals surface area contributed by atoms with Crippen LogP contribution in [-0.4, -0.2) is 36.5 Å². The van der Waals surface area contributed by atoms with Crippen LogP contribution in [0.5, 0.6) is 0 Å². The summed E-state index contributed by atoms with van der Waals surface area (Å²) >= 11 is 11.8. The highest BCUT2D eigenvalue weighted by atomic mass is 35.5. The lowest BCUT2D eigenvalue weighted by molar-refractivity contribution is -0.140. The van der Waals surface area contributed by atoms with Crippen LogP contribution in [0.25, 0.3) is 0 Å².